The van der Waals surface area contributed by atoms with E-state index in [2.05, 4.69) is 47.3 Å². The van der Waals surface area contributed by atoms with Gasteiger partial charge in [-0.2, -0.15) is 0 Å². The molecule has 1 spiro atoms. The van der Waals surface area contributed by atoms with Gasteiger partial charge in [0.25, 0.3) is 5.91 Å². The molecule has 0 radical (unpaired) electrons. The average molecular weight is 422 g/mol. The number of anilines is 1. The predicted molar refractivity (Wildman–Crippen MR) is 103 cm³/mol. The Hall–Kier alpha value is -1.89. The number of nitrogens with one attached hydrogen (secondary N) is 2. The van der Waals surface area contributed by atoms with E-state index >= 15 is 0 Å². The van der Waals surface area contributed by atoms with Crippen LogP contribution in [0.15, 0.2) is 28.7 Å². The maximum Gasteiger partial charge on any atom is 0.325 e. The summed E-state index contributed by atoms with van der Waals surface area (Å²) >= 11 is 3.33. The third-order valence-electron chi connectivity index (χ3n) is 5.05. The van der Waals surface area contributed by atoms with Crippen molar-refractivity contribution in [1.82, 2.24) is 10.2 Å². The van der Waals surface area contributed by atoms with Crippen LogP contribution in [-0.2, 0) is 9.59 Å². The molecule has 1 aliphatic carbocycles. The Labute approximate surface area is 161 Å². The van der Waals surface area contributed by atoms with E-state index in [0.29, 0.717) is 24.4 Å². The Kier molecular flexibility index (Phi) is 4.86. The third kappa shape index (κ3) is 3.77. The lowest BCUT2D eigenvalue weighted by Gasteiger charge is -2.43. The van der Waals surface area contributed by atoms with Crippen LogP contribution in [-0.4, -0.2) is 34.8 Å². The monoisotopic (exact) mass is 421 g/mol. The van der Waals surface area contributed by atoms with Gasteiger partial charge in [0.15, 0.2) is 0 Å². The number of imide groups is 1. The Morgan fingerprint density at radius 1 is 1.27 bits per heavy atom. The number of rotatable bonds is 3. The van der Waals surface area contributed by atoms with E-state index in [1.54, 1.807) is 12.1 Å². The van der Waals surface area contributed by atoms with Crippen LogP contribution in [0.5, 0.6) is 0 Å². The lowest BCUT2D eigenvalue weighted by atomic mass is 9.64. The van der Waals surface area contributed by atoms with E-state index in [4.69, 9.17) is 0 Å². The van der Waals surface area contributed by atoms with Gasteiger partial charge in [0.1, 0.15) is 12.1 Å². The minimum absolute atomic E-state index is 0.0314. The molecule has 2 aliphatic rings. The quantitative estimate of drug-likeness (QED) is 0.732. The van der Waals surface area contributed by atoms with Crippen molar-refractivity contribution in [2.45, 2.75) is 45.6 Å². The van der Waals surface area contributed by atoms with E-state index < -0.39 is 17.5 Å². The highest BCUT2D eigenvalue weighted by Crippen LogP contribution is 2.46. The van der Waals surface area contributed by atoms with Gasteiger partial charge in [-0.15, -0.1) is 0 Å². The van der Waals surface area contributed by atoms with Crippen molar-refractivity contribution in [3.63, 3.8) is 0 Å². The number of benzene rings is 1. The molecule has 2 N–H and O–H groups in total. The minimum Gasteiger partial charge on any atom is -0.325 e. The van der Waals surface area contributed by atoms with Crippen molar-refractivity contribution in [3.05, 3.63) is 28.7 Å². The lowest BCUT2D eigenvalue weighted by molar-refractivity contribution is -0.136. The molecule has 1 aromatic rings. The van der Waals surface area contributed by atoms with Crippen LogP contribution in [0.4, 0.5) is 10.5 Å². The minimum atomic E-state index is -0.879. The summed E-state index contributed by atoms with van der Waals surface area (Å²) in [6.45, 7) is 6.06. The van der Waals surface area contributed by atoms with Gasteiger partial charge in [0.2, 0.25) is 5.91 Å². The zero-order valence-electron chi connectivity index (χ0n) is 15.3. The predicted octanol–water partition coefficient (Wildman–Crippen LogP) is 3.52. The summed E-state index contributed by atoms with van der Waals surface area (Å²) < 4.78 is 0.903. The van der Waals surface area contributed by atoms with Crippen molar-refractivity contribution >= 4 is 39.5 Å². The summed E-state index contributed by atoms with van der Waals surface area (Å²) in [6.07, 6.45) is 2.23. The molecule has 1 aromatic carbocycles. The highest BCUT2D eigenvalue weighted by Gasteiger charge is 2.56. The zero-order valence-corrected chi connectivity index (χ0v) is 16.9. The SMILES string of the molecule is C[C@@H]1CC(C)(C)C[C@@]2(C1)NC(=O)N(CC(=O)Nc1ccc(Br)cc1)C2=O. The number of hydrogen-bond donors (Lipinski definition) is 2. The van der Waals surface area contributed by atoms with Gasteiger partial charge < -0.3 is 10.6 Å². The molecule has 6 nitrogen and oxygen atoms in total. The largest absolute Gasteiger partial charge is 0.325 e. The number of urea groups is 1. The molecule has 7 heteroatoms. The molecule has 1 saturated heterocycles. The summed E-state index contributed by atoms with van der Waals surface area (Å²) in [6, 6.07) is 6.64. The van der Waals surface area contributed by atoms with Crippen molar-refractivity contribution in [3.8, 4) is 0 Å². The van der Waals surface area contributed by atoms with Gasteiger partial charge in [-0.1, -0.05) is 36.7 Å². The molecule has 2 atom stereocenters. The maximum atomic E-state index is 13.0. The van der Waals surface area contributed by atoms with Crippen LogP contribution in [0.1, 0.15) is 40.0 Å². The summed E-state index contributed by atoms with van der Waals surface area (Å²) in [7, 11) is 0. The first-order valence-electron chi connectivity index (χ1n) is 8.80. The number of nitrogens with zero attached hydrogens (tertiary/aromatic N) is 1. The number of carbonyl (C=O) groups excluding carboxylic acids is 3. The van der Waals surface area contributed by atoms with Crippen LogP contribution in [0.2, 0.25) is 0 Å². The van der Waals surface area contributed by atoms with Crippen molar-refractivity contribution in [2.75, 3.05) is 11.9 Å². The molecule has 1 saturated carbocycles. The highest BCUT2D eigenvalue weighted by molar-refractivity contribution is 9.10. The van der Waals surface area contributed by atoms with Gasteiger partial charge in [-0.3, -0.25) is 14.5 Å². The summed E-state index contributed by atoms with van der Waals surface area (Å²) in [4.78, 5) is 38.8. The second kappa shape index (κ2) is 6.68. The molecule has 2 fully saturated rings. The molecule has 0 unspecified atom stereocenters. The van der Waals surface area contributed by atoms with E-state index in [0.717, 1.165) is 15.8 Å². The van der Waals surface area contributed by atoms with Crippen molar-refractivity contribution < 1.29 is 14.4 Å². The molecule has 0 bridgehead atoms. The van der Waals surface area contributed by atoms with Gasteiger partial charge in [0, 0.05) is 10.2 Å². The van der Waals surface area contributed by atoms with Crippen LogP contribution in [0.3, 0.4) is 0 Å². The lowest BCUT2D eigenvalue weighted by Crippen LogP contribution is -2.54. The molecule has 1 heterocycles. The van der Waals surface area contributed by atoms with Gasteiger partial charge >= 0.3 is 6.03 Å². The van der Waals surface area contributed by atoms with E-state index in [-0.39, 0.29) is 17.9 Å². The fourth-order valence-corrected chi connectivity index (χ4v) is 4.79. The van der Waals surface area contributed by atoms with Crippen molar-refractivity contribution in [2.24, 2.45) is 11.3 Å². The molecule has 140 valence electrons. The molecular formula is C19H24BrN3O3. The van der Waals surface area contributed by atoms with Crippen LogP contribution in [0, 0.1) is 11.3 Å². The van der Waals surface area contributed by atoms with Crippen LogP contribution >= 0.6 is 15.9 Å². The fourth-order valence-electron chi connectivity index (χ4n) is 4.53. The maximum absolute atomic E-state index is 13.0. The number of halogens is 1. The molecule has 1 aliphatic heterocycles. The van der Waals surface area contributed by atoms with E-state index in [1.807, 2.05) is 12.1 Å². The molecule has 4 amide bonds. The molecule has 3 rings (SSSR count). The zero-order chi connectivity index (χ0) is 19.1. The van der Waals surface area contributed by atoms with Crippen LogP contribution < -0.4 is 10.6 Å². The summed E-state index contributed by atoms with van der Waals surface area (Å²) in [5, 5.41) is 5.60. The topological polar surface area (TPSA) is 78.5 Å². The number of hydrogen-bond acceptors (Lipinski definition) is 3. The van der Waals surface area contributed by atoms with E-state index in [9.17, 15) is 14.4 Å². The first-order chi connectivity index (χ1) is 12.1. The van der Waals surface area contributed by atoms with Crippen LogP contribution in [0.25, 0.3) is 0 Å². The second-order valence-corrected chi connectivity index (χ2v) is 9.23. The highest BCUT2D eigenvalue weighted by atomic mass is 79.9. The van der Waals surface area contributed by atoms with Gasteiger partial charge in [0.05, 0.1) is 0 Å². The summed E-state index contributed by atoms with van der Waals surface area (Å²) in [5.74, 6) is -0.344. The molecular weight excluding hydrogens is 398 g/mol. The first kappa shape index (κ1) is 18.9. The Balaban J connectivity index is 1.71. The Morgan fingerprint density at radius 3 is 2.54 bits per heavy atom. The third-order valence-corrected chi connectivity index (χ3v) is 5.58. The number of amides is 4. The van der Waals surface area contributed by atoms with Gasteiger partial charge in [-0.25, -0.2) is 4.79 Å². The summed E-state index contributed by atoms with van der Waals surface area (Å²) in [5.41, 5.74) is -0.292. The first-order valence-corrected chi connectivity index (χ1v) is 9.59. The number of carbonyl (C=O) groups is 3. The smallest absolute Gasteiger partial charge is 0.325 e. The molecule has 0 aromatic heterocycles. The fraction of sp³-hybridized carbons (Fsp3) is 0.526. The van der Waals surface area contributed by atoms with E-state index in [1.165, 1.54) is 0 Å². The normalized spacial score (nSPS) is 27.5. The second-order valence-electron chi connectivity index (χ2n) is 8.31. The van der Waals surface area contributed by atoms with Crippen molar-refractivity contribution in [1.29, 1.82) is 0 Å². The van der Waals surface area contributed by atoms with Gasteiger partial charge in [-0.05, 0) is 54.9 Å². The standard InChI is InChI=1S/C19H24BrN3O3/c1-12-8-18(2,3)11-19(9-12)16(25)23(17(26)22-19)10-15(24)21-14-6-4-13(20)5-7-14/h4-7,12H,8-11H2,1-3H3,(H,21,24)(H,22,26)/t12-,19-/m1/s1. The Morgan fingerprint density at radius 2 is 1.92 bits per heavy atom. The molecule has 26 heavy (non-hydrogen) atoms. The average Bonchev–Trinajstić information content (AvgIpc) is 2.71. The Bertz CT molecular complexity index is 747.